The Hall–Kier alpha value is -0.330. The molecular weight excluding hydrogens is 354 g/mol. The molecule has 0 saturated carbocycles. The van der Waals surface area contributed by atoms with Gasteiger partial charge in [-0.05, 0) is 49.9 Å². The summed E-state index contributed by atoms with van der Waals surface area (Å²) < 4.78 is 21.2. The van der Waals surface area contributed by atoms with Gasteiger partial charge in [0.25, 0.3) is 0 Å². The Bertz CT molecular complexity index is 545. The van der Waals surface area contributed by atoms with E-state index >= 15 is 0 Å². The van der Waals surface area contributed by atoms with E-state index < -0.39 is 12.6 Å². The number of benzene rings is 1. The summed E-state index contributed by atoms with van der Waals surface area (Å²) in [5.74, 6) is 0.589. The second-order valence-electron chi connectivity index (χ2n) is 4.58. The predicted octanol–water partition coefficient (Wildman–Crippen LogP) is 4.95. The SMILES string of the molecule is CC(C)N(SN(C)C(=O)F)P(C)(=S)Oc1ccc(Cl)cc1. The van der Waals surface area contributed by atoms with Gasteiger partial charge in [-0.25, -0.2) is 9.10 Å². The van der Waals surface area contributed by atoms with Gasteiger partial charge in [0.2, 0.25) is 0 Å². The van der Waals surface area contributed by atoms with E-state index in [1.165, 1.54) is 7.05 Å². The quantitative estimate of drug-likeness (QED) is 0.306. The molecule has 0 aliphatic heterocycles. The largest absolute Gasteiger partial charge is 0.453 e. The van der Waals surface area contributed by atoms with Crippen LogP contribution < -0.4 is 4.52 Å². The van der Waals surface area contributed by atoms with Gasteiger partial charge in [0.15, 0.2) is 6.42 Å². The molecule has 0 aliphatic rings. The zero-order chi connectivity index (χ0) is 16.2. The molecule has 0 aliphatic carbocycles. The number of hydrogen-bond donors (Lipinski definition) is 0. The number of carbonyl (C=O) groups is 1. The molecule has 1 atom stereocenters. The lowest BCUT2D eigenvalue weighted by Gasteiger charge is -2.35. The van der Waals surface area contributed by atoms with E-state index in [1.807, 2.05) is 13.8 Å². The van der Waals surface area contributed by atoms with Gasteiger partial charge in [0, 0.05) is 24.8 Å². The van der Waals surface area contributed by atoms with Gasteiger partial charge in [-0.15, -0.1) is 4.39 Å². The fourth-order valence-electron chi connectivity index (χ4n) is 1.47. The first kappa shape index (κ1) is 18.7. The average molecular weight is 371 g/mol. The maximum Gasteiger partial charge on any atom is 0.410 e. The molecule has 0 aromatic heterocycles. The standard InChI is InChI=1S/C12H17ClFN2O2PS2/c1-9(2)16(21-15(3)12(14)17)19(4,20)18-11-7-5-10(13)6-8-11/h5-9H,1-4H3. The van der Waals surface area contributed by atoms with Gasteiger partial charge in [-0.1, -0.05) is 11.6 Å². The number of halogens is 2. The first-order chi connectivity index (χ1) is 9.63. The lowest BCUT2D eigenvalue weighted by Crippen LogP contribution is -2.28. The van der Waals surface area contributed by atoms with Crippen molar-refractivity contribution in [1.29, 1.82) is 0 Å². The number of hydrogen-bond acceptors (Lipinski definition) is 4. The lowest BCUT2D eigenvalue weighted by atomic mass is 10.3. The molecule has 9 heteroatoms. The molecule has 0 radical (unpaired) electrons. The number of nitrogens with zero attached hydrogens (tertiary/aromatic N) is 2. The third kappa shape index (κ3) is 5.75. The van der Waals surface area contributed by atoms with Crippen LogP contribution in [0.4, 0.5) is 9.18 Å². The summed E-state index contributed by atoms with van der Waals surface area (Å²) in [4.78, 5) is 10.8. The van der Waals surface area contributed by atoms with Crippen LogP contribution in [-0.2, 0) is 11.8 Å². The van der Waals surface area contributed by atoms with Crippen LogP contribution in [0.3, 0.4) is 0 Å². The van der Waals surface area contributed by atoms with E-state index in [-0.39, 0.29) is 6.04 Å². The number of amides is 1. The lowest BCUT2D eigenvalue weighted by molar-refractivity contribution is 0.209. The van der Waals surface area contributed by atoms with Crippen molar-refractivity contribution in [2.75, 3.05) is 13.7 Å². The van der Waals surface area contributed by atoms with Crippen LogP contribution in [0.1, 0.15) is 13.8 Å². The molecule has 0 N–H and O–H groups in total. The molecule has 1 aromatic carbocycles. The minimum atomic E-state index is -2.46. The van der Waals surface area contributed by atoms with Crippen molar-refractivity contribution < 1.29 is 13.7 Å². The van der Waals surface area contributed by atoms with Crippen molar-refractivity contribution >= 4 is 48.1 Å². The Balaban J connectivity index is 2.91. The molecule has 0 fully saturated rings. The molecule has 1 amide bonds. The molecule has 0 heterocycles. The zero-order valence-electron chi connectivity index (χ0n) is 12.1. The highest BCUT2D eigenvalue weighted by Gasteiger charge is 2.29. The van der Waals surface area contributed by atoms with Crippen molar-refractivity contribution in [3.05, 3.63) is 29.3 Å². The minimum absolute atomic E-state index is 0.0278. The summed E-state index contributed by atoms with van der Waals surface area (Å²) in [5, 5.41) is 0.601. The highest BCUT2D eigenvalue weighted by Crippen LogP contribution is 2.53. The first-order valence-corrected chi connectivity index (χ1v) is 10.3. The fourth-order valence-corrected chi connectivity index (χ4v) is 5.58. The van der Waals surface area contributed by atoms with Crippen LogP contribution in [0.15, 0.2) is 24.3 Å². The van der Waals surface area contributed by atoms with Gasteiger partial charge < -0.3 is 4.52 Å². The summed E-state index contributed by atoms with van der Waals surface area (Å²) in [5.41, 5.74) is 0. The second kappa shape index (κ2) is 7.79. The second-order valence-corrected chi connectivity index (χ2v) is 10.6. The summed E-state index contributed by atoms with van der Waals surface area (Å²) >= 11 is 12.3. The Labute approximate surface area is 139 Å². The fraction of sp³-hybridized carbons (Fsp3) is 0.417. The van der Waals surface area contributed by atoms with E-state index in [4.69, 9.17) is 27.9 Å². The van der Waals surface area contributed by atoms with E-state index in [2.05, 4.69) is 0 Å². The van der Waals surface area contributed by atoms with Crippen molar-refractivity contribution in [3.63, 3.8) is 0 Å². The highest BCUT2D eigenvalue weighted by molar-refractivity contribution is 8.16. The van der Waals surface area contributed by atoms with Crippen LogP contribution in [-0.4, -0.2) is 34.3 Å². The Kier molecular flexibility index (Phi) is 6.94. The summed E-state index contributed by atoms with van der Waals surface area (Å²) in [6.45, 7) is 5.58. The van der Waals surface area contributed by atoms with Crippen LogP contribution >= 0.6 is 30.2 Å². The topological polar surface area (TPSA) is 32.8 Å². The smallest absolute Gasteiger partial charge is 0.410 e. The summed E-state index contributed by atoms with van der Waals surface area (Å²) in [7, 11) is 1.35. The zero-order valence-corrected chi connectivity index (χ0v) is 15.4. The molecule has 21 heavy (non-hydrogen) atoms. The van der Waals surface area contributed by atoms with Crippen molar-refractivity contribution in [2.24, 2.45) is 0 Å². The van der Waals surface area contributed by atoms with Crippen LogP contribution in [0.5, 0.6) is 5.75 Å². The monoisotopic (exact) mass is 370 g/mol. The third-order valence-corrected chi connectivity index (χ3v) is 7.51. The summed E-state index contributed by atoms with van der Waals surface area (Å²) in [6.07, 6.45) is -4.00. The molecular formula is C12H17ClFN2O2PS2. The summed E-state index contributed by atoms with van der Waals surface area (Å²) in [6, 6.07) is 6.83. The van der Waals surface area contributed by atoms with Crippen LogP contribution in [0.25, 0.3) is 0 Å². The van der Waals surface area contributed by atoms with E-state index in [1.54, 1.807) is 35.0 Å². The average Bonchev–Trinajstić information content (AvgIpc) is 2.37. The predicted molar refractivity (Wildman–Crippen MR) is 91.1 cm³/mol. The third-order valence-electron chi connectivity index (χ3n) is 2.34. The van der Waals surface area contributed by atoms with Gasteiger partial charge in [0.05, 0.1) is 12.1 Å². The van der Waals surface area contributed by atoms with Crippen molar-refractivity contribution in [3.8, 4) is 5.75 Å². The Morgan fingerprint density at radius 2 is 1.95 bits per heavy atom. The molecule has 0 bridgehead atoms. The van der Waals surface area contributed by atoms with Crippen molar-refractivity contribution in [1.82, 2.24) is 8.38 Å². The highest BCUT2D eigenvalue weighted by atomic mass is 35.5. The number of carbonyl (C=O) groups excluding carboxylic acids is 1. The molecule has 0 spiro atoms. The van der Waals surface area contributed by atoms with Gasteiger partial charge in [-0.2, -0.15) is 4.08 Å². The van der Waals surface area contributed by atoms with Gasteiger partial charge >= 0.3 is 6.16 Å². The minimum Gasteiger partial charge on any atom is -0.453 e. The van der Waals surface area contributed by atoms with Gasteiger partial charge in [0.1, 0.15) is 5.75 Å². The van der Waals surface area contributed by atoms with Crippen LogP contribution in [0, 0.1) is 0 Å². The normalized spacial score (nSPS) is 14.1. The van der Waals surface area contributed by atoms with E-state index in [9.17, 15) is 9.18 Å². The Morgan fingerprint density at radius 1 is 1.43 bits per heavy atom. The molecule has 1 unspecified atom stereocenters. The molecule has 1 rings (SSSR count). The first-order valence-electron chi connectivity index (χ1n) is 6.07. The van der Waals surface area contributed by atoms with E-state index in [0.717, 1.165) is 16.4 Å². The molecule has 1 aromatic rings. The Morgan fingerprint density at radius 3 is 2.38 bits per heavy atom. The molecule has 0 saturated heterocycles. The molecule has 4 nitrogen and oxygen atoms in total. The molecule has 118 valence electrons. The van der Waals surface area contributed by atoms with Crippen LogP contribution in [0.2, 0.25) is 5.02 Å². The van der Waals surface area contributed by atoms with E-state index in [0.29, 0.717) is 10.8 Å². The van der Waals surface area contributed by atoms with Gasteiger partial charge in [-0.3, -0.25) is 0 Å². The van der Waals surface area contributed by atoms with Crippen molar-refractivity contribution in [2.45, 2.75) is 19.9 Å². The maximum absolute atomic E-state index is 12.7. The number of rotatable bonds is 6. The maximum atomic E-state index is 12.7.